The van der Waals surface area contributed by atoms with Crippen LogP contribution in [0.3, 0.4) is 0 Å². The van der Waals surface area contributed by atoms with E-state index in [0.717, 1.165) is 5.56 Å². The van der Waals surface area contributed by atoms with Crippen molar-refractivity contribution in [2.24, 2.45) is 0 Å². The lowest BCUT2D eigenvalue weighted by molar-refractivity contribution is -0.323. The highest BCUT2D eigenvalue weighted by Gasteiger charge is 2.29. The van der Waals surface area contributed by atoms with Crippen molar-refractivity contribution in [1.82, 2.24) is 0 Å². The first-order valence-electron chi connectivity index (χ1n) is 6.02. The summed E-state index contributed by atoms with van der Waals surface area (Å²) in [5.41, 5.74) is 1.57. The average Bonchev–Trinajstić information content (AvgIpc) is 2.33. The van der Waals surface area contributed by atoms with Crippen molar-refractivity contribution in [2.45, 2.75) is 19.7 Å². The summed E-state index contributed by atoms with van der Waals surface area (Å²) < 4.78 is 39.6. The van der Waals surface area contributed by atoms with Gasteiger partial charge in [0.2, 0.25) is 0 Å². The summed E-state index contributed by atoms with van der Waals surface area (Å²) in [7, 11) is 0. The summed E-state index contributed by atoms with van der Waals surface area (Å²) in [4.78, 5) is 12.2. The van der Waals surface area contributed by atoms with E-state index < -0.39 is 18.9 Å². The lowest BCUT2D eigenvalue weighted by Crippen LogP contribution is -2.32. The summed E-state index contributed by atoms with van der Waals surface area (Å²) in [5.74, 6) is -1.000. The van der Waals surface area contributed by atoms with Gasteiger partial charge in [0.05, 0.1) is 13.0 Å². The Labute approximate surface area is 114 Å². The highest BCUT2D eigenvalue weighted by Crippen LogP contribution is 2.21. The number of benzene rings is 1. The molecule has 0 unspecified atom stereocenters. The predicted molar refractivity (Wildman–Crippen MR) is 67.7 cm³/mol. The van der Waals surface area contributed by atoms with Gasteiger partial charge in [-0.2, -0.15) is 0 Å². The van der Waals surface area contributed by atoms with Gasteiger partial charge in [-0.25, -0.2) is 0 Å². The highest BCUT2D eigenvalue weighted by atomic mass is 19.4. The van der Waals surface area contributed by atoms with Crippen LogP contribution in [0.4, 0.5) is 18.9 Å². The Hall–Kier alpha value is -1.76. The zero-order valence-corrected chi connectivity index (χ0v) is 11.0. The molecule has 0 heterocycles. The molecule has 0 aliphatic carbocycles. The monoisotopic (exact) mass is 291 g/mol. The molecule has 20 heavy (non-hydrogen) atoms. The summed E-state index contributed by atoms with van der Waals surface area (Å²) in [5, 5.41) is 8.70. The van der Waals surface area contributed by atoms with E-state index in [1.807, 2.05) is 13.0 Å². The lowest BCUT2D eigenvalue weighted by Gasteiger charge is -2.26. The Morgan fingerprint density at radius 3 is 2.50 bits per heavy atom. The number of carbonyl (C=O) groups is 1. The number of alkyl halides is 3. The molecule has 0 spiro atoms. The third-order valence-electron chi connectivity index (χ3n) is 2.68. The van der Waals surface area contributed by atoms with E-state index in [0.29, 0.717) is 5.69 Å². The first-order chi connectivity index (χ1) is 9.29. The minimum Gasteiger partial charge on any atom is -0.481 e. The fraction of sp³-hybridized carbons (Fsp3) is 0.462. The van der Waals surface area contributed by atoms with Crippen LogP contribution >= 0.6 is 0 Å². The second-order valence-corrected chi connectivity index (χ2v) is 4.21. The smallest absolute Gasteiger partial charge is 0.481 e. The maximum absolute atomic E-state index is 12.0. The van der Waals surface area contributed by atoms with E-state index in [1.54, 1.807) is 23.1 Å². The van der Waals surface area contributed by atoms with Gasteiger partial charge < -0.3 is 10.0 Å². The molecule has 0 bridgehead atoms. The quantitative estimate of drug-likeness (QED) is 0.839. The molecule has 0 fully saturated rings. The molecule has 0 radical (unpaired) electrons. The molecule has 4 nitrogen and oxygen atoms in total. The van der Waals surface area contributed by atoms with Gasteiger partial charge in [-0.15, -0.1) is 13.2 Å². The van der Waals surface area contributed by atoms with Crippen LogP contribution in [0.25, 0.3) is 0 Å². The molecule has 0 aromatic heterocycles. The van der Waals surface area contributed by atoms with E-state index in [1.165, 1.54) is 0 Å². The van der Waals surface area contributed by atoms with E-state index in [9.17, 15) is 18.0 Å². The number of para-hydroxylation sites is 1. The standard InChI is InChI=1S/C13H16F3NO3/c1-10-4-2-3-5-11(10)17(7-6-12(18)19)8-9-20-13(14,15)16/h2-5H,6-9H2,1H3,(H,18,19). The molecule has 0 amide bonds. The Morgan fingerprint density at radius 1 is 1.30 bits per heavy atom. The van der Waals surface area contributed by atoms with Crippen molar-refractivity contribution in [3.8, 4) is 0 Å². The topological polar surface area (TPSA) is 49.8 Å². The molecule has 0 aliphatic rings. The van der Waals surface area contributed by atoms with Gasteiger partial charge in [-0.05, 0) is 18.6 Å². The third-order valence-corrected chi connectivity index (χ3v) is 2.68. The maximum Gasteiger partial charge on any atom is 0.522 e. The van der Waals surface area contributed by atoms with Crippen molar-refractivity contribution in [3.05, 3.63) is 29.8 Å². The molecule has 0 atom stereocenters. The normalized spacial score (nSPS) is 11.4. The molecule has 0 aliphatic heterocycles. The van der Waals surface area contributed by atoms with E-state index in [2.05, 4.69) is 4.74 Å². The van der Waals surface area contributed by atoms with Gasteiger partial charge in [-0.3, -0.25) is 9.53 Å². The third kappa shape index (κ3) is 5.92. The fourth-order valence-corrected chi connectivity index (χ4v) is 1.77. The fourth-order valence-electron chi connectivity index (χ4n) is 1.77. The van der Waals surface area contributed by atoms with Crippen LogP contribution in [-0.2, 0) is 9.53 Å². The average molecular weight is 291 g/mol. The molecule has 1 rings (SSSR count). The van der Waals surface area contributed by atoms with Crippen LogP contribution in [0.5, 0.6) is 0 Å². The van der Waals surface area contributed by atoms with Crippen LogP contribution in [0, 0.1) is 6.92 Å². The van der Waals surface area contributed by atoms with Gasteiger partial charge in [0.15, 0.2) is 0 Å². The minimum absolute atomic E-state index is 0.0301. The second-order valence-electron chi connectivity index (χ2n) is 4.21. The summed E-state index contributed by atoms with van der Waals surface area (Å²) in [6, 6.07) is 7.11. The van der Waals surface area contributed by atoms with Crippen molar-refractivity contribution in [2.75, 3.05) is 24.6 Å². The van der Waals surface area contributed by atoms with E-state index in [-0.39, 0.29) is 19.5 Å². The minimum atomic E-state index is -4.68. The number of aliphatic carboxylic acids is 1. The number of ether oxygens (including phenoxy) is 1. The summed E-state index contributed by atoms with van der Waals surface area (Å²) in [6.07, 6.45) is -4.83. The molecular formula is C13H16F3NO3. The molecule has 0 saturated heterocycles. The number of anilines is 1. The number of nitrogens with zero attached hydrogens (tertiary/aromatic N) is 1. The SMILES string of the molecule is Cc1ccccc1N(CCOC(F)(F)F)CCC(=O)O. The van der Waals surface area contributed by atoms with Crippen LogP contribution in [0.2, 0.25) is 0 Å². The number of carboxylic acids is 1. The number of hydrogen-bond acceptors (Lipinski definition) is 3. The Kier molecular flexibility index (Phi) is 5.82. The van der Waals surface area contributed by atoms with E-state index in [4.69, 9.17) is 5.11 Å². The van der Waals surface area contributed by atoms with Crippen LogP contribution in [0.15, 0.2) is 24.3 Å². The predicted octanol–water partition coefficient (Wildman–Crippen LogP) is 2.81. The Bertz CT molecular complexity index is 449. The van der Waals surface area contributed by atoms with Gasteiger partial charge in [0.1, 0.15) is 0 Å². The molecule has 1 aromatic rings. The van der Waals surface area contributed by atoms with Gasteiger partial charge in [0, 0.05) is 18.8 Å². The van der Waals surface area contributed by atoms with Gasteiger partial charge in [-0.1, -0.05) is 18.2 Å². The zero-order chi connectivity index (χ0) is 15.2. The van der Waals surface area contributed by atoms with Crippen LogP contribution in [-0.4, -0.2) is 37.1 Å². The lowest BCUT2D eigenvalue weighted by atomic mass is 10.1. The number of rotatable bonds is 7. The van der Waals surface area contributed by atoms with Crippen LogP contribution < -0.4 is 4.90 Å². The zero-order valence-electron chi connectivity index (χ0n) is 11.0. The Morgan fingerprint density at radius 2 is 1.95 bits per heavy atom. The molecule has 112 valence electrons. The van der Waals surface area contributed by atoms with Gasteiger partial charge >= 0.3 is 12.3 Å². The largest absolute Gasteiger partial charge is 0.522 e. The molecule has 1 N–H and O–H groups in total. The number of halogens is 3. The van der Waals surface area contributed by atoms with Gasteiger partial charge in [0.25, 0.3) is 0 Å². The van der Waals surface area contributed by atoms with Crippen molar-refractivity contribution in [3.63, 3.8) is 0 Å². The highest BCUT2D eigenvalue weighted by molar-refractivity contribution is 5.68. The number of hydrogen-bond donors (Lipinski definition) is 1. The van der Waals surface area contributed by atoms with E-state index >= 15 is 0 Å². The summed E-state index contributed by atoms with van der Waals surface area (Å²) >= 11 is 0. The molecule has 1 aromatic carbocycles. The molecule has 7 heteroatoms. The second kappa shape index (κ2) is 7.14. The number of aryl methyl sites for hydroxylation is 1. The first kappa shape index (κ1) is 16.3. The Balaban J connectivity index is 2.70. The van der Waals surface area contributed by atoms with Crippen molar-refractivity contribution < 1.29 is 27.8 Å². The molecular weight excluding hydrogens is 275 g/mol. The van der Waals surface area contributed by atoms with Crippen molar-refractivity contribution >= 4 is 11.7 Å². The number of carboxylic acid groups (broad SMARTS) is 1. The summed E-state index contributed by atoms with van der Waals surface area (Å²) in [6.45, 7) is 1.37. The van der Waals surface area contributed by atoms with Crippen LogP contribution in [0.1, 0.15) is 12.0 Å². The first-order valence-corrected chi connectivity index (χ1v) is 6.02. The van der Waals surface area contributed by atoms with Crippen molar-refractivity contribution in [1.29, 1.82) is 0 Å². The molecule has 0 saturated carbocycles. The maximum atomic E-state index is 12.0.